The molecule has 2 rings (SSSR count). The SMILES string of the molecule is CCC(C)C(C)(NC)c1nc2c(s1)CCC2. The summed E-state index contributed by atoms with van der Waals surface area (Å²) >= 11 is 1.92. The van der Waals surface area contributed by atoms with Crippen LogP contribution in [0.4, 0.5) is 0 Å². The monoisotopic (exact) mass is 238 g/mol. The van der Waals surface area contributed by atoms with Gasteiger partial charge in [0.05, 0.1) is 11.2 Å². The molecule has 1 heterocycles. The van der Waals surface area contributed by atoms with Gasteiger partial charge in [-0.1, -0.05) is 20.3 Å². The molecule has 2 atom stereocenters. The molecule has 1 aromatic heterocycles. The number of hydrogen-bond donors (Lipinski definition) is 1. The van der Waals surface area contributed by atoms with Crippen LogP contribution < -0.4 is 5.32 Å². The largest absolute Gasteiger partial charge is 0.308 e. The predicted octanol–water partition coefficient (Wildman–Crippen LogP) is 3.11. The van der Waals surface area contributed by atoms with E-state index in [9.17, 15) is 0 Å². The lowest BCUT2D eigenvalue weighted by molar-refractivity contribution is 0.258. The van der Waals surface area contributed by atoms with Crippen LogP contribution in [0.3, 0.4) is 0 Å². The standard InChI is InChI=1S/C13H22N2S/c1-5-9(2)13(3,14-4)12-15-10-7-6-8-11(10)16-12/h9,14H,5-8H2,1-4H3. The van der Waals surface area contributed by atoms with Crippen molar-refractivity contribution in [2.45, 2.75) is 52.0 Å². The van der Waals surface area contributed by atoms with E-state index in [1.165, 1.54) is 41.3 Å². The topological polar surface area (TPSA) is 24.9 Å². The maximum Gasteiger partial charge on any atom is 0.113 e. The molecule has 1 aromatic rings. The van der Waals surface area contributed by atoms with Crippen LogP contribution in [0.2, 0.25) is 0 Å². The van der Waals surface area contributed by atoms with Crippen molar-refractivity contribution in [1.82, 2.24) is 10.3 Å². The fraction of sp³-hybridized carbons (Fsp3) is 0.769. The first kappa shape index (κ1) is 12.1. The summed E-state index contributed by atoms with van der Waals surface area (Å²) in [7, 11) is 2.05. The van der Waals surface area contributed by atoms with Gasteiger partial charge in [0.15, 0.2) is 0 Å². The molecule has 0 bridgehead atoms. The van der Waals surface area contributed by atoms with Gasteiger partial charge in [-0.15, -0.1) is 11.3 Å². The molecule has 1 N–H and O–H groups in total. The molecule has 1 aliphatic carbocycles. The van der Waals surface area contributed by atoms with Crippen molar-refractivity contribution in [2.24, 2.45) is 5.92 Å². The Morgan fingerprint density at radius 2 is 2.25 bits per heavy atom. The van der Waals surface area contributed by atoms with Crippen LogP contribution in [0, 0.1) is 5.92 Å². The van der Waals surface area contributed by atoms with Gasteiger partial charge in [0.1, 0.15) is 5.01 Å². The van der Waals surface area contributed by atoms with Crippen LogP contribution in [-0.2, 0) is 18.4 Å². The lowest BCUT2D eigenvalue weighted by Gasteiger charge is -2.33. The molecule has 2 nitrogen and oxygen atoms in total. The smallest absolute Gasteiger partial charge is 0.113 e. The van der Waals surface area contributed by atoms with E-state index in [1.54, 1.807) is 0 Å². The Bertz CT molecular complexity index is 351. The van der Waals surface area contributed by atoms with Gasteiger partial charge in [-0.25, -0.2) is 4.98 Å². The first-order chi connectivity index (χ1) is 7.61. The number of rotatable bonds is 4. The van der Waals surface area contributed by atoms with Gasteiger partial charge in [0.25, 0.3) is 0 Å². The van der Waals surface area contributed by atoms with Gasteiger partial charge in [-0.05, 0) is 39.2 Å². The third-order valence-corrected chi connectivity index (χ3v) is 5.55. The summed E-state index contributed by atoms with van der Waals surface area (Å²) < 4.78 is 0. The average Bonchev–Trinajstić information content (AvgIpc) is 2.86. The molecule has 2 unspecified atom stereocenters. The van der Waals surface area contributed by atoms with E-state index in [-0.39, 0.29) is 5.54 Å². The van der Waals surface area contributed by atoms with Gasteiger partial charge < -0.3 is 5.32 Å². The summed E-state index contributed by atoms with van der Waals surface area (Å²) in [6.45, 7) is 6.85. The Morgan fingerprint density at radius 3 is 2.81 bits per heavy atom. The van der Waals surface area contributed by atoms with Crippen molar-refractivity contribution in [3.05, 3.63) is 15.6 Å². The van der Waals surface area contributed by atoms with E-state index in [4.69, 9.17) is 4.98 Å². The number of aryl methyl sites for hydroxylation is 2. The highest BCUT2D eigenvalue weighted by Crippen LogP contribution is 2.37. The Morgan fingerprint density at radius 1 is 1.50 bits per heavy atom. The van der Waals surface area contributed by atoms with Gasteiger partial charge in [0, 0.05) is 4.88 Å². The molecule has 1 aliphatic rings. The van der Waals surface area contributed by atoms with Gasteiger partial charge >= 0.3 is 0 Å². The lowest BCUT2D eigenvalue weighted by Crippen LogP contribution is -2.42. The van der Waals surface area contributed by atoms with E-state index in [1.807, 2.05) is 11.3 Å². The zero-order valence-electron chi connectivity index (χ0n) is 10.8. The molecule has 0 aliphatic heterocycles. The van der Waals surface area contributed by atoms with E-state index >= 15 is 0 Å². The molecule has 0 spiro atoms. The number of nitrogens with one attached hydrogen (secondary N) is 1. The minimum Gasteiger partial charge on any atom is -0.308 e. The number of aromatic nitrogens is 1. The Balaban J connectivity index is 2.33. The number of nitrogens with zero attached hydrogens (tertiary/aromatic N) is 1. The summed E-state index contributed by atoms with van der Waals surface area (Å²) in [5.41, 5.74) is 1.41. The van der Waals surface area contributed by atoms with Crippen molar-refractivity contribution in [3.8, 4) is 0 Å². The Kier molecular flexibility index (Phi) is 3.36. The fourth-order valence-corrected chi connectivity index (χ4v) is 3.80. The van der Waals surface area contributed by atoms with E-state index < -0.39 is 0 Å². The zero-order chi connectivity index (χ0) is 11.8. The van der Waals surface area contributed by atoms with Crippen molar-refractivity contribution < 1.29 is 0 Å². The van der Waals surface area contributed by atoms with Gasteiger partial charge in [-0.2, -0.15) is 0 Å². The minimum absolute atomic E-state index is 0.0454. The molecule has 0 aromatic carbocycles. The average molecular weight is 238 g/mol. The highest BCUT2D eigenvalue weighted by molar-refractivity contribution is 7.12. The fourth-order valence-electron chi connectivity index (χ4n) is 2.38. The third kappa shape index (κ3) is 1.80. The number of fused-ring (bicyclic) bond motifs is 1. The predicted molar refractivity (Wildman–Crippen MR) is 70.0 cm³/mol. The van der Waals surface area contributed by atoms with Crippen LogP contribution in [0.15, 0.2) is 0 Å². The maximum atomic E-state index is 4.86. The van der Waals surface area contributed by atoms with E-state index in [2.05, 4.69) is 33.1 Å². The molecule has 90 valence electrons. The van der Waals surface area contributed by atoms with Crippen LogP contribution in [-0.4, -0.2) is 12.0 Å². The molecule has 3 heteroatoms. The van der Waals surface area contributed by atoms with Crippen molar-refractivity contribution in [2.75, 3.05) is 7.05 Å². The summed E-state index contributed by atoms with van der Waals surface area (Å²) in [5, 5.41) is 4.77. The van der Waals surface area contributed by atoms with Crippen LogP contribution >= 0.6 is 11.3 Å². The molecule has 0 amide bonds. The second-order valence-electron chi connectivity index (χ2n) is 5.00. The van der Waals surface area contributed by atoms with E-state index in [0.29, 0.717) is 5.92 Å². The highest BCUT2D eigenvalue weighted by Gasteiger charge is 2.34. The van der Waals surface area contributed by atoms with Crippen molar-refractivity contribution in [1.29, 1.82) is 0 Å². The van der Waals surface area contributed by atoms with Crippen molar-refractivity contribution in [3.63, 3.8) is 0 Å². The van der Waals surface area contributed by atoms with Gasteiger partial charge in [0.2, 0.25) is 0 Å². The molecule has 0 saturated heterocycles. The van der Waals surface area contributed by atoms with E-state index in [0.717, 1.165) is 0 Å². The van der Waals surface area contributed by atoms with Crippen LogP contribution in [0.25, 0.3) is 0 Å². The highest BCUT2D eigenvalue weighted by atomic mass is 32.1. The summed E-state index contributed by atoms with van der Waals surface area (Å²) in [5.74, 6) is 0.615. The quantitative estimate of drug-likeness (QED) is 0.872. The molecule has 0 saturated carbocycles. The Hall–Kier alpha value is -0.410. The molecular weight excluding hydrogens is 216 g/mol. The second-order valence-corrected chi connectivity index (χ2v) is 6.09. The summed E-state index contributed by atoms with van der Waals surface area (Å²) in [4.78, 5) is 6.39. The minimum atomic E-state index is 0.0454. The van der Waals surface area contributed by atoms with Crippen LogP contribution in [0.5, 0.6) is 0 Å². The normalized spacial score (nSPS) is 20.5. The Labute approximate surface area is 102 Å². The zero-order valence-corrected chi connectivity index (χ0v) is 11.6. The molecule has 0 fully saturated rings. The maximum absolute atomic E-state index is 4.86. The molecule has 0 radical (unpaired) electrons. The van der Waals surface area contributed by atoms with Gasteiger partial charge in [-0.3, -0.25) is 0 Å². The second kappa shape index (κ2) is 4.46. The number of thiazole rings is 1. The molecular formula is C13H22N2S. The molecule has 16 heavy (non-hydrogen) atoms. The lowest BCUT2D eigenvalue weighted by atomic mass is 9.86. The van der Waals surface area contributed by atoms with Crippen molar-refractivity contribution >= 4 is 11.3 Å². The third-order valence-electron chi connectivity index (χ3n) is 4.16. The first-order valence-corrected chi connectivity index (χ1v) is 7.11. The number of hydrogen-bond acceptors (Lipinski definition) is 3. The van der Waals surface area contributed by atoms with Crippen LogP contribution in [0.1, 0.15) is 49.2 Å². The summed E-state index contributed by atoms with van der Waals surface area (Å²) in [6.07, 6.45) is 4.91. The summed E-state index contributed by atoms with van der Waals surface area (Å²) in [6, 6.07) is 0. The first-order valence-electron chi connectivity index (χ1n) is 6.29.